The van der Waals surface area contributed by atoms with Crippen molar-refractivity contribution in [1.29, 1.82) is 0 Å². The molecule has 1 aromatic carbocycles. The monoisotopic (exact) mass is 312 g/mol. The molecule has 0 fully saturated rings. The van der Waals surface area contributed by atoms with Gasteiger partial charge in [0.15, 0.2) is 0 Å². The van der Waals surface area contributed by atoms with E-state index in [1.54, 1.807) is 19.3 Å². The zero-order chi connectivity index (χ0) is 16.5. The zero-order valence-electron chi connectivity index (χ0n) is 13.1. The van der Waals surface area contributed by atoms with Gasteiger partial charge in [0.2, 0.25) is 0 Å². The summed E-state index contributed by atoms with van der Waals surface area (Å²) in [4.78, 5) is 20.2. The fraction of sp³-hybridized carbons (Fsp3) is 0.235. The highest BCUT2D eigenvalue weighted by atomic mass is 16.5. The van der Waals surface area contributed by atoms with Gasteiger partial charge in [-0.05, 0) is 18.1 Å². The summed E-state index contributed by atoms with van der Waals surface area (Å²) in [6.07, 6.45) is 3.76. The van der Waals surface area contributed by atoms with E-state index in [0.29, 0.717) is 31.0 Å². The molecule has 0 aliphatic carbocycles. The Morgan fingerprint density at radius 3 is 2.96 bits per heavy atom. The molecule has 23 heavy (non-hydrogen) atoms. The minimum absolute atomic E-state index is 0.232. The average Bonchev–Trinajstić information content (AvgIpc) is 2.60. The molecule has 1 amide bonds. The maximum absolute atomic E-state index is 12.1. The molecule has 0 saturated carbocycles. The Kier molecular flexibility index (Phi) is 6.11. The number of hydrogen-bond acceptors (Lipinski definition) is 5. The minimum Gasteiger partial charge on any atom is -0.496 e. The number of anilines is 1. The summed E-state index contributed by atoms with van der Waals surface area (Å²) >= 11 is 0. The molecule has 0 bridgehead atoms. The van der Waals surface area contributed by atoms with Crippen molar-refractivity contribution < 1.29 is 9.53 Å². The second-order valence-corrected chi connectivity index (χ2v) is 4.78. The first-order chi connectivity index (χ1) is 11.2. The summed E-state index contributed by atoms with van der Waals surface area (Å²) in [7, 11) is 1.64. The van der Waals surface area contributed by atoms with Crippen LogP contribution in [0.4, 0.5) is 5.82 Å². The third-order valence-electron chi connectivity index (χ3n) is 3.20. The number of para-hydroxylation sites is 1. The SMILES string of the molecule is C=CCNc1cc(C(=O)NCCc2ccccc2OC)ncn1. The number of rotatable bonds is 8. The quantitative estimate of drug-likeness (QED) is 0.730. The van der Waals surface area contributed by atoms with Gasteiger partial charge in [-0.25, -0.2) is 9.97 Å². The normalized spacial score (nSPS) is 9.96. The first-order valence-electron chi connectivity index (χ1n) is 7.31. The van der Waals surface area contributed by atoms with Crippen LogP contribution in [0.1, 0.15) is 16.1 Å². The number of ether oxygens (including phenoxy) is 1. The Morgan fingerprint density at radius 1 is 1.35 bits per heavy atom. The highest BCUT2D eigenvalue weighted by Crippen LogP contribution is 2.17. The van der Waals surface area contributed by atoms with E-state index in [2.05, 4.69) is 27.2 Å². The number of hydrogen-bond donors (Lipinski definition) is 2. The molecule has 0 atom stereocenters. The Balaban J connectivity index is 1.90. The number of amides is 1. The number of carbonyl (C=O) groups excluding carboxylic acids is 1. The van der Waals surface area contributed by atoms with Crippen LogP contribution in [-0.2, 0) is 6.42 Å². The standard InChI is InChI=1S/C17H20N4O2/c1-3-9-18-16-11-14(20-12-21-16)17(22)19-10-8-13-6-4-5-7-15(13)23-2/h3-7,11-12H,1,8-10H2,2H3,(H,19,22)(H,18,20,21). The Hall–Kier alpha value is -2.89. The van der Waals surface area contributed by atoms with Crippen LogP contribution in [0.5, 0.6) is 5.75 Å². The third-order valence-corrected chi connectivity index (χ3v) is 3.20. The van der Waals surface area contributed by atoms with Crippen LogP contribution >= 0.6 is 0 Å². The number of carbonyl (C=O) groups is 1. The molecular weight excluding hydrogens is 292 g/mol. The average molecular weight is 312 g/mol. The number of nitrogens with zero attached hydrogens (tertiary/aromatic N) is 2. The molecule has 6 nitrogen and oxygen atoms in total. The van der Waals surface area contributed by atoms with Crippen molar-refractivity contribution in [2.24, 2.45) is 0 Å². The zero-order valence-corrected chi connectivity index (χ0v) is 13.1. The van der Waals surface area contributed by atoms with Crippen LogP contribution in [0.2, 0.25) is 0 Å². The third kappa shape index (κ3) is 4.81. The molecule has 1 aromatic heterocycles. The van der Waals surface area contributed by atoms with Gasteiger partial charge in [0.05, 0.1) is 7.11 Å². The molecule has 2 N–H and O–H groups in total. The summed E-state index contributed by atoms with van der Waals surface area (Å²) < 4.78 is 5.29. The van der Waals surface area contributed by atoms with Crippen LogP contribution in [0, 0.1) is 0 Å². The summed E-state index contributed by atoms with van der Waals surface area (Å²) in [6.45, 7) is 4.70. The second-order valence-electron chi connectivity index (χ2n) is 4.78. The fourth-order valence-corrected chi connectivity index (χ4v) is 2.07. The van der Waals surface area contributed by atoms with Crippen molar-refractivity contribution in [3.63, 3.8) is 0 Å². The Labute approximate surface area is 135 Å². The molecule has 0 saturated heterocycles. The van der Waals surface area contributed by atoms with Crippen molar-refractivity contribution in [2.45, 2.75) is 6.42 Å². The van der Waals surface area contributed by atoms with E-state index in [1.807, 2.05) is 24.3 Å². The van der Waals surface area contributed by atoms with Gasteiger partial charge in [-0.3, -0.25) is 4.79 Å². The first-order valence-corrected chi connectivity index (χ1v) is 7.31. The summed E-state index contributed by atoms with van der Waals surface area (Å²) in [5.74, 6) is 1.18. The van der Waals surface area contributed by atoms with Gasteiger partial charge in [0, 0.05) is 19.2 Å². The molecule has 2 rings (SSSR count). The topological polar surface area (TPSA) is 76.1 Å². The van der Waals surface area contributed by atoms with Crippen molar-refractivity contribution in [3.05, 3.63) is 60.6 Å². The lowest BCUT2D eigenvalue weighted by Gasteiger charge is -2.09. The molecule has 0 radical (unpaired) electrons. The van der Waals surface area contributed by atoms with E-state index >= 15 is 0 Å². The van der Waals surface area contributed by atoms with Gasteiger partial charge in [-0.15, -0.1) is 6.58 Å². The number of benzene rings is 1. The van der Waals surface area contributed by atoms with Gasteiger partial charge in [-0.1, -0.05) is 24.3 Å². The van der Waals surface area contributed by atoms with E-state index in [4.69, 9.17) is 4.74 Å². The number of aromatic nitrogens is 2. The first kappa shape index (κ1) is 16.5. The van der Waals surface area contributed by atoms with Gasteiger partial charge in [0.25, 0.3) is 5.91 Å². The van der Waals surface area contributed by atoms with Crippen LogP contribution in [0.25, 0.3) is 0 Å². The van der Waals surface area contributed by atoms with Crippen molar-refractivity contribution in [3.8, 4) is 5.75 Å². The predicted octanol–water partition coefficient (Wildman–Crippen LogP) is 2.06. The van der Waals surface area contributed by atoms with Crippen LogP contribution in [-0.4, -0.2) is 36.1 Å². The van der Waals surface area contributed by atoms with E-state index in [9.17, 15) is 4.79 Å². The highest BCUT2D eigenvalue weighted by Gasteiger charge is 2.09. The maximum atomic E-state index is 12.1. The molecule has 0 spiro atoms. The molecule has 120 valence electrons. The van der Waals surface area contributed by atoms with Crippen molar-refractivity contribution in [1.82, 2.24) is 15.3 Å². The van der Waals surface area contributed by atoms with Crippen LogP contribution in [0.15, 0.2) is 49.3 Å². The number of nitrogens with one attached hydrogen (secondary N) is 2. The van der Waals surface area contributed by atoms with Crippen molar-refractivity contribution in [2.75, 3.05) is 25.5 Å². The van der Waals surface area contributed by atoms with Crippen LogP contribution < -0.4 is 15.4 Å². The Bertz CT molecular complexity index is 673. The van der Waals surface area contributed by atoms with Gasteiger partial charge in [0.1, 0.15) is 23.6 Å². The summed E-state index contributed by atoms with van der Waals surface area (Å²) in [5, 5.41) is 5.87. The summed E-state index contributed by atoms with van der Waals surface area (Å²) in [6, 6.07) is 9.36. The molecular formula is C17H20N4O2. The van der Waals surface area contributed by atoms with Crippen LogP contribution in [0.3, 0.4) is 0 Å². The minimum atomic E-state index is -0.232. The molecule has 1 heterocycles. The van der Waals surface area contributed by atoms with E-state index in [0.717, 1.165) is 11.3 Å². The molecule has 6 heteroatoms. The molecule has 2 aromatic rings. The maximum Gasteiger partial charge on any atom is 0.270 e. The predicted molar refractivity (Wildman–Crippen MR) is 89.7 cm³/mol. The second kappa shape index (κ2) is 8.53. The summed E-state index contributed by atoms with van der Waals surface area (Å²) in [5.41, 5.74) is 1.37. The lowest BCUT2D eigenvalue weighted by Crippen LogP contribution is -2.26. The lowest BCUT2D eigenvalue weighted by atomic mass is 10.1. The van der Waals surface area contributed by atoms with Crippen molar-refractivity contribution >= 4 is 11.7 Å². The fourth-order valence-electron chi connectivity index (χ4n) is 2.07. The van der Waals surface area contributed by atoms with E-state index in [-0.39, 0.29) is 5.91 Å². The van der Waals surface area contributed by atoms with Gasteiger partial charge < -0.3 is 15.4 Å². The molecule has 0 aliphatic rings. The Morgan fingerprint density at radius 2 is 2.17 bits per heavy atom. The van der Waals surface area contributed by atoms with E-state index in [1.165, 1.54) is 6.33 Å². The molecule has 0 unspecified atom stereocenters. The lowest BCUT2D eigenvalue weighted by molar-refractivity contribution is 0.0949. The number of methoxy groups -OCH3 is 1. The van der Waals surface area contributed by atoms with Gasteiger partial charge in [-0.2, -0.15) is 0 Å². The largest absolute Gasteiger partial charge is 0.496 e. The molecule has 0 aliphatic heterocycles. The highest BCUT2D eigenvalue weighted by molar-refractivity contribution is 5.92. The van der Waals surface area contributed by atoms with E-state index < -0.39 is 0 Å². The van der Waals surface area contributed by atoms with Gasteiger partial charge >= 0.3 is 0 Å². The smallest absolute Gasteiger partial charge is 0.270 e.